The summed E-state index contributed by atoms with van der Waals surface area (Å²) < 4.78 is 27.6. The number of nitrogens with one attached hydrogen (secondary N) is 2. The zero-order chi connectivity index (χ0) is 18.7. The van der Waals surface area contributed by atoms with Crippen LogP contribution in [0.2, 0.25) is 0 Å². The predicted octanol–water partition coefficient (Wildman–Crippen LogP) is 2.11. The van der Waals surface area contributed by atoms with Gasteiger partial charge in [0.2, 0.25) is 10.0 Å². The van der Waals surface area contributed by atoms with Gasteiger partial charge >= 0.3 is 0 Å². The Hall–Kier alpha value is -1.69. The first kappa shape index (κ1) is 19.6. The van der Waals surface area contributed by atoms with Crippen molar-refractivity contribution in [3.63, 3.8) is 0 Å². The lowest BCUT2D eigenvalue weighted by atomic mass is 9.87. The fourth-order valence-corrected chi connectivity index (χ4v) is 3.60. The van der Waals surface area contributed by atoms with Gasteiger partial charge in [0, 0.05) is 12.1 Å². The first-order valence-corrected chi connectivity index (χ1v) is 10.0. The maximum atomic E-state index is 12.5. The van der Waals surface area contributed by atoms with Crippen molar-refractivity contribution >= 4 is 10.0 Å². The average Bonchev–Trinajstić information content (AvgIpc) is 2.53. The lowest BCUT2D eigenvalue weighted by Crippen LogP contribution is -3.04. The van der Waals surface area contributed by atoms with E-state index in [0.29, 0.717) is 11.4 Å². The summed E-state index contributed by atoms with van der Waals surface area (Å²) in [5.74, 6) is 0. The van der Waals surface area contributed by atoms with Crippen LogP contribution in [-0.2, 0) is 28.5 Å². The molecule has 0 atom stereocenters. The Balaban J connectivity index is 2.04. The molecule has 4 nitrogen and oxygen atoms in total. The predicted molar refractivity (Wildman–Crippen MR) is 102 cm³/mol. The van der Waals surface area contributed by atoms with Gasteiger partial charge in [-0.1, -0.05) is 57.2 Å². The summed E-state index contributed by atoms with van der Waals surface area (Å²) in [5.41, 5.74) is 3.31. The van der Waals surface area contributed by atoms with Crippen LogP contribution in [-0.4, -0.2) is 22.5 Å². The molecule has 136 valence electrons. The third-order valence-corrected chi connectivity index (χ3v) is 5.49. The molecule has 0 saturated heterocycles. The number of hydrogen-bond donors (Lipinski definition) is 2. The first-order valence-electron chi connectivity index (χ1n) is 8.55. The highest BCUT2D eigenvalue weighted by atomic mass is 32.2. The minimum Gasteiger partial charge on any atom is -0.336 e. The van der Waals surface area contributed by atoms with Crippen LogP contribution in [0.3, 0.4) is 0 Å². The zero-order valence-corrected chi connectivity index (χ0v) is 16.6. The summed E-state index contributed by atoms with van der Waals surface area (Å²) in [6.07, 6.45) is 0. The van der Waals surface area contributed by atoms with E-state index in [2.05, 4.69) is 51.7 Å². The summed E-state index contributed by atoms with van der Waals surface area (Å²) >= 11 is 0. The number of hydrogen-bond acceptors (Lipinski definition) is 2. The molecule has 0 heterocycles. The third kappa shape index (κ3) is 5.66. The average molecular weight is 362 g/mol. The quantitative estimate of drug-likeness (QED) is 0.828. The molecule has 0 fully saturated rings. The fourth-order valence-electron chi connectivity index (χ4n) is 2.58. The van der Waals surface area contributed by atoms with Crippen molar-refractivity contribution in [3.8, 4) is 0 Å². The van der Waals surface area contributed by atoms with Gasteiger partial charge in [-0.2, -0.15) is 0 Å². The summed E-state index contributed by atoms with van der Waals surface area (Å²) in [5, 5.41) is 0. The van der Waals surface area contributed by atoms with Crippen LogP contribution in [0.5, 0.6) is 0 Å². The number of sulfonamides is 1. The lowest BCUT2D eigenvalue weighted by Gasteiger charge is -2.19. The number of quaternary nitrogens is 1. The fraction of sp³-hybridized carbons (Fsp3) is 0.400. The highest BCUT2D eigenvalue weighted by Crippen LogP contribution is 2.23. The van der Waals surface area contributed by atoms with Gasteiger partial charge in [-0.25, -0.2) is 13.1 Å². The smallest absolute Gasteiger partial charge is 0.240 e. The van der Waals surface area contributed by atoms with Gasteiger partial charge in [0.25, 0.3) is 0 Å². The van der Waals surface area contributed by atoms with Crippen molar-refractivity contribution in [1.82, 2.24) is 4.72 Å². The van der Waals surface area contributed by atoms with Crippen molar-refractivity contribution < 1.29 is 13.3 Å². The van der Waals surface area contributed by atoms with E-state index in [1.165, 1.54) is 10.5 Å². The molecule has 25 heavy (non-hydrogen) atoms. The summed E-state index contributed by atoms with van der Waals surface area (Å²) in [6, 6.07) is 15.2. The van der Waals surface area contributed by atoms with E-state index in [1.807, 2.05) is 24.3 Å². The Labute approximate surface area is 151 Å². The Morgan fingerprint density at radius 2 is 1.40 bits per heavy atom. The largest absolute Gasteiger partial charge is 0.336 e. The standard InChI is InChI=1S/C20H28N2O2S/c1-20(2,3)18-10-12-19(13-11-18)25(23,24)21-14-16-6-8-17(9-7-16)15-22(4)5/h6-13,21H,14-15H2,1-5H3/p+1. The Morgan fingerprint density at radius 1 is 0.880 bits per heavy atom. The second-order valence-electron chi connectivity index (χ2n) is 7.80. The highest BCUT2D eigenvalue weighted by molar-refractivity contribution is 7.89. The third-order valence-electron chi connectivity index (χ3n) is 4.08. The molecule has 0 bridgehead atoms. The van der Waals surface area contributed by atoms with Gasteiger partial charge < -0.3 is 4.90 Å². The Bertz CT molecular complexity index is 787. The summed E-state index contributed by atoms with van der Waals surface area (Å²) in [6.45, 7) is 7.56. The van der Waals surface area contributed by atoms with E-state index in [9.17, 15) is 8.42 Å². The van der Waals surface area contributed by atoms with Crippen molar-refractivity contribution in [1.29, 1.82) is 0 Å². The molecule has 2 rings (SSSR count). The zero-order valence-electron chi connectivity index (χ0n) is 15.8. The molecule has 2 aromatic carbocycles. The van der Waals surface area contributed by atoms with E-state index in [1.54, 1.807) is 12.1 Å². The number of benzene rings is 2. The maximum Gasteiger partial charge on any atom is 0.240 e. The minimum absolute atomic E-state index is 0.00569. The summed E-state index contributed by atoms with van der Waals surface area (Å²) in [7, 11) is 0.704. The minimum atomic E-state index is -3.50. The molecule has 5 heteroatoms. The van der Waals surface area contributed by atoms with Crippen LogP contribution in [0, 0.1) is 0 Å². The highest BCUT2D eigenvalue weighted by Gasteiger charge is 2.17. The van der Waals surface area contributed by atoms with Crippen molar-refractivity contribution in [2.75, 3.05) is 14.1 Å². The van der Waals surface area contributed by atoms with Gasteiger partial charge in [-0.3, -0.25) is 0 Å². The van der Waals surface area contributed by atoms with Crippen LogP contribution in [0.1, 0.15) is 37.5 Å². The van der Waals surface area contributed by atoms with Gasteiger partial charge in [-0.15, -0.1) is 0 Å². The van der Waals surface area contributed by atoms with Crippen LogP contribution >= 0.6 is 0 Å². The molecule has 0 aromatic heterocycles. The molecule has 0 aliphatic carbocycles. The van der Waals surface area contributed by atoms with Gasteiger partial charge in [-0.05, 0) is 28.7 Å². The normalized spacial score (nSPS) is 12.6. The number of rotatable bonds is 6. The Morgan fingerprint density at radius 3 is 1.88 bits per heavy atom. The molecule has 0 amide bonds. The van der Waals surface area contributed by atoms with E-state index >= 15 is 0 Å². The van der Waals surface area contributed by atoms with Crippen LogP contribution in [0.4, 0.5) is 0 Å². The van der Waals surface area contributed by atoms with Gasteiger partial charge in [0.15, 0.2) is 0 Å². The second-order valence-corrected chi connectivity index (χ2v) is 9.57. The second kappa shape index (κ2) is 7.68. The molecule has 0 unspecified atom stereocenters. The van der Waals surface area contributed by atoms with Gasteiger partial charge in [0.05, 0.1) is 19.0 Å². The van der Waals surface area contributed by atoms with E-state index in [-0.39, 0.29) is 5.41 Å². The topological polar surface area (TPSA) is 50.6 Å². The van der Waals surface area contributed by atoms with Gasteiger partial charge in [0.1, 0.15) is 6.54 Å². The van der Waals surface area contributed by atoms with Crippen LogP contribution in [0.15, 0.2) is 53.4 Å². The summed E-state index contributed by atoms with van der Waals surface area (Å²) in [4.78, 5) is 1.65. The lowest BCUT2D eigenvalue weighted by molar-refractivity contribution is -0.872. The molecule has 0 aliphatic rings. The van der Waals surface area contributed by atoms with E-state index in [4.69, 9.17) is 0 Å². The monoisotopic (exact) mass is 361 g/mol. The SMILES string of the molecule is C[NH+](C)Cc1ccc(CNS(=O)(=O)c2ccc(C(C)(C)C)cc2)cc1. The molecular weight excluding hydrogens is 332 g/mol. The first-order chi connectivity index (χ1) is 11.6. The molecule has 2 N–H and O–H groups in total. The molecule has 0 spiro atoms. The molecule has 0 saturated carbocycles. The van der Waals surface area contributed by atoms with E-state index < -0.39 is 10.0 Å². The van der Waals surface area contributed by atoms with Crippen molar-refractivity contribution in [2.24, 2.45) is 0 Å². The molecule has 0 aliphatic heterocycles. The van der Waals surface area contributed by atoms with Crippen molar-refractivity contribution in [2.45, 2.75) is 44.2 Å². The van der Waals surface area contributed by atoms with Crippen LogP contribution in [0.25, 0.3) is 0 Å². The molecular formula is C20H29N2O2S+. The molecule has 2 aromatic rings. The van der Waals surface area contributed by atoms with Crippen LogP contribution < -0.4 is 9.62 Å². The Kier molecular flexibility index (Phi) is 6.03. The molecule has 0 radical (unpaired) electrons. The van der Waals surface area contributed by atoms with Crippen molar-refractivity contribution in [3.05, 3.63) is 65.2 Å². The van der Waals surface area contributed by atoms with E-state index in [0.717, 1.165) is 17.7 Å². The maximum absolute atomic E-state index is 12.5.